The van der Waals surface area contributed by atoms with Crippen LogP contribution in [0.5, 0.6) is 0 Å². The van der Waals surface area contributed by atoms with Crippen LogP contribution < -0.4 is 5.32 Å². The second-order valence-electron chi connectivity index (χ2n) is 5.28. The fraction of sp³-hybridized carbons (Fsp3) is 0.400. The monoisotopic (exact) mass is 318 g/mol. The molecule has 2 aromatic heterocycles. The molecule has 8 nitrogen and oxygen atoms in total. The van der Waals surface area contributed by atoms with Gasteiger partial charge in [0.25, 0.3) is 5.91 Å². The van der Waals surface area contributed by atoms with Gasteiger partial charge < -0.3 is 19.4 Å². The van der Waals surface area contributed by atoms with Crippen molar-refractivity contribution >= 4 is 11.8 Å². The summed E-state index contributed by atoms with van der Waals surface area (Å²) < 4.78 is 10.4. The van der Waals surface area contributed by atoms with E-state index in [0.29, 0.717) is 37.8 Å². The fourth-order valence-electron chi connectivity index (χ4n) is 2.39. The number of hydrogen-bond acceptors (Lipinski definition) is 5. The Hall–Kier alpha value is -2.61. The number of furan rings is 1. The molecule has 23 heavy (non-hydrogen) atoms. The molecule has 3 rings (SSSR count). The number of amides is 2. The summed E-state index contributed by atoms with van der Waals surface area (Å²) in [5.41, 5.74) is 0.810. The molecule has 0 spiro atoms. The van der Waals surface area contributed by atoms with Crippen molar-refractivity contribution in [1.29, 1.82) is 0 Å². The van der Waals surface area contributed by atoms with E-state index < -0.39 is 11.9 Å². The van der Waals surface area contributed by atoms with E-state index in [4.69, 9.17) is 9.15 Å². The van der Waals surface area contributed by atoms with Gasteiger partial charge in [-0.1, -0.05) is 0 Å². The number of aromatic nitrogens is 2. The number of hydrogen-bond donors (Lipinski definition) is 2. The highest BCUT2D eigenvalue weighted by Gasteiger charge is 2.24. The van der Waals surface area contributed by atoms with Gasteiger partial charge >= 0.3 is 0 Å². The topological polar surface area (TPSA) is 100 Å². The third-order valence-electron chi connectivity index (χ3n) is 3.64. The minimum Gasteiger partial charge on any atom is -0.463 e. The average molecular weight is 318 g/mol. The lowest BCUT2D eigenvalue weighted by molar-refractivity contribution is -0.136. The summed E-state index contributed by atoms with van der Waals surface area (Å²) in [5, 5.41) is 9.36. The number of nitrogens with one attached hydrogen (secondary N) is 2. The SMILES string of the molecule is CC(NC(=O)c1cc(-c2ccco2)[nH]n1)C(=O)N1CCOCC1. The maximum absolute atomic E-state index is 12.3. The number of carbonyl (C=O) groups excluding carboxylic acids is 2. The first-order valence-electron chi connectivity index (χ1n) is 7.42. The molecule has 2 N–H and O–H groups in total. The summed E-state index contributed by atoms with van der Waals surface area (Å²) in [7, 11) is 0. The van der Waals surface area contributed by atoms with E-state index in [0.717, 1.165) is 0 Å². The summed E-state index contributed by atoms with van der Waals surface area (Å²) in [6, 6.07) is 4.48. The fourth-order valence-corrected chi connectivity index (χ4v) is 2.39. The van der Waals surface area contributed by atoms with E-state index in [-0.39, 0.29) is 11.6 Å². The summed E-state index contributed by atoms with van der Waals surface area (Å²) in [6.07, 6.45) is 1.54. The van der Waals surface area contributed by atoms with Crippen LogP contribution in [-0.2, 0) is 9.53 Å². The van der Waals surface area contributed by atoms with Gasteiger partial charge in [0, 0.05) is 19.2 Å². The van der Waals surface area contributed by atoms with Gasteiger partial charge in [-0.2, -0.15) is 5.10 Å². The number of morpholine rings is 1. The van der Waals surface area contributed by atoms with E-state index in [1.54, 1.807) is 36.3 Å². The van der Waals surface area contributed by atoms with E-state index in [1.165, 1.54) is 0 Å². The van der Waals surface area contributed by atoms with Crippen molar-refractivity contribution in [3.05, 3.63) is 30.2 Å². The van der Waals surface area contributed by atoms with Crippen molar-refractivity contribution in [2.45, 2.75) is 13.0 Å². The molecule has 8 heteroatoms. The standard InChI is InChI=1S/C15H18N4O4/c1-10(15(21)19-4-7-22-8-5-19)16-14(20)12-9-11(17-18-12)13-3-2-6-23-13/h2-3,6,9-10H,4-5,7-8H2,1H3,(H,16,20)(H,17,18). The van der Waals surface area contributed by atoms with Crippen molar-refractivity contribution in [3.8, 4) is 11.5 Å². The quantitative estimate of drug-likeness (QED) is 0.862. The van der Waals surface area contributed by atoms with Gasteiger partial charge in [0.15, 0.2) is 11.5 Å². The molecule has 1 aliphatic rings. The number of nitrogens with zero attached hydrogens (tertiary/aromatic N) is 2. The maximum atomic E-state index is 12.3. The van der Waals surface area contributed by atoms with Crippen LogP contribution in [-0.4, -0.2) is 59.3 Å². The first-order valence-corrected chi connectivity index (χ1v) is 7.42. The zero-order valence-electron chi connectivity index (χ0n) is 12.7. The lowest BCUT2D eigenvalue weighted by Gasteiger charge is -2.29. The summed E-state index contributed by atoms with van der Waals surface area (Å²) in [6.45, 7) is 3.81. The van der Waals surface area contributed by atoms with Gasteiger partial charge in [-0.3, -0.25) is 14.7 Å². The highest BCUT2D eigenvalue weighted by atomic mass is 16.5. The molecule has 0 radical (unpaired) electrons. The number of aromatic amines is 1. The minimum absolute atomic E-state index is 0.122. The number of ether oxygens (including phenoxy) is 1. The number of rotatable bonds is 4. The van der Waals surface area contributed by atoms with Gasteiger partial charge in [-0.05, 0) is 19.1 Å². The van der Waals surface area contributed by atoms with E-state index >= 15 is 0 Å². The average Bonchev–Trinajstić information content (AvgIpc) is 3.25. The molecule has 1 atom stereocenters. The molecule has 2 amide bonds. The van der Waals surface area contributed by atoms with E-state index in [2.05, 4.69) is 15.5 Å². The van der Waals surface area contributed by atoms with Crippen molar-refractivity contribution in [2.75, 3.05) is 26.3 Å². The maximum Gasteiger partial charge on any atom is 0.272 e. The largest absolute Gasteiger partial charge is 0.463 e. The van der Waals surface area contributed by atoms with Crippen molar-refractivity contribution in [2.24, 2.45) is 0 Å². The van der Waals surface area contributed by atoms with Crippen LogP contribution in [0.4, 0.5) is 0 Å². The van der Waals surface area contributed by atoms with Gasteiger partial charge in [0.1, 0.15) is 11.7 Å². The first kappa shape index (κ1) is 15.3. The van der Waals surface area contributed by atoms with Crippen molar-refractivity contribution in [3.63, 3.8) is 0 Å². The van der Waals surface area contributed by atoms with Crippen LogP contribution in [0.3, 0.4) is 0 Å². The zero-order chi connectivity index (χ0) is 16.2. The predicted octanol–water partition coefficient (Wildman–Crippen LogP) is 0.647. The lowest BCUT2D eigenvalue weighted by atomic mass is 10.2. The van der Waals surface area contributed by atoms with Gasteiger partial charge in [-0.15, -0.1) is 0 Å². The Labute approximate surface area is 132 Å². The molecule has 1 saturated heterocycles. The second-order valence-corrected chi connectivity index (χ2v) is 5.28. The van der Waals surface area contributed by atoms with Crippen LogP contribution in [0.15, 0.2) is 28.9 Å². The van der Waals surface area contributed by atoms with Crippen LogP contribution in [0.2, 0.25) is 0 Å². The molecule has 2 aromatic rings. The molecule has 1 fully saturated rings. The third-order valence-corrected chi connectivity index (χ3v) is 3.64. The molecule has 0 saturated carbocycles. The van der Waals surface area contributed by atoms with Crippen LogP contribution in [0.25, 0.3) is 11.5 Å². The Balaban J connectivity index is 1.61. The molecular formula is C15H18N4O4. The molecule has 0 aromatic carbocycles. The Kier molecular flexibility index (Phi) is 4.42. The number of carbonyl (C=O) groups is 2. The summed E-state index contributed by atoms with van der Waals surface area (Å²) in [4.78, 5) is 26.2. The van der Waals surface area contributed by atoms with Crippen molar-refractivity contribution in [1.82, 2.24) is 20.4 Å². The molecule has 1 aliphatic heterocycles. The molecule has 0 bridgehead atoms. The Morgan fingerprint density at radius 2 is 2.17 bits per heavy atom. The summed E-state index contributed by atoms with van der Waals surface area (Å²) >= 11 is 0. The normalized spacial score (nSPS) is 16.1. The zero-order valence-corrected chi connectivity index (χ0v) is 12.7. The smallest absolute Gasteiger partial charge is 0.272 e. The molecule has 1 unspecified atom stereocenters. The van der Waals surface area contributed by atoms with Crippen molar-refractivity contribution < 1.29 is 18.7 Å². The predicted molar refractivity (Wildman–Crippen MR) is 80.6 cm³/mol. The third kappa shape index (κ3) is 3.42. The van der Waals surface area contributed by atoms with Crippen LogP contribution in [0, 0.1) is 0 Å². The molecule has 0 aliphatic carbocycles. The Morgan fingerprint density at radius 1 is 1.39 bits per heavy atom. The van der Waals surface area contributed by atoms with Gasteiger partial charge in [-0.25, -0.2) is 0 Å². The van der Waals surface area contributed by atoms with Crippen LogP contribution in [0.1, 0.15) is 17.4 Å². The highest BCUT2D eigenvalue weighted by molar-refractivity contribution is 5.96. The highest BCUT2D eigenvalue weighted by Crippen LogP contribution is 2.17. The van der Waals surface area contributed by atoms with E-state index in [1.807, 2.05) is 0 Å². The second kappa shape index (κ2) is 6.66. The van der Waals surface area contributed by atoms with Gasteiger partial charge in [0.2, 0.25) is 5.91 Å². The van der Waals surface area contributed by atoms with Gasteiger partial charge in [0.05, 0.1) is 19.5 Å². The molecular weight excluding hydrogens is 300 g/mol. The molecule has 3 heterocycles. The first-order chi connectivity index (χ1) is 11.1. The minimum atomic E-state index is -0.621. The Morgan fingerprint density at radius 3 is 2.87 bits per heavy atom. The number of H-pyrrole nitrogens is 1. The lowest BCUT2D eigenvalue weighted by Crippen LogP contribution is -2.50. The van der Waals surface area contributed by atoms with Crippen LogP contribution >= 0.6 is 0 Å². The summed E-state index contributed by atoms with van der Waals surface area (Å²) in [5.74, 6) is 0.0607. The Bertz CT molecular complexity index is 673. The molecule has 122 valence electrons. The van der Waals surface area contributed by atoms with E-state index in [9.17, 15) is 9.59 Å².